The monoisotopic (exact) mass is 295 g/mol. The normalized spacial score (nSPS) is 13.7. The predicted molar refractivity (Wildman–Crippen MR) is 80.0 cm³/mol. The van der Waals surface area contributed by atoms with Crippen LogP contribution in [0.4, 0.5) is 0 Å². The summed E-state index contributed by atoms with van der Waals surface area (Å²) in [6.45, 7) is 7.43. The first-order chi connectivity index (χ1) is 9.81. The molecule has 2 atom stereocenters. The van der Waals surface area contributed by atoms with Gasteiger partial charge in [-0.25, -0.2) is 0 Å². The Hall–Kier alpha value is -1.85. The molecule has 0 aromatic carbocycles. The molecule has 1 aromatic heterocycles. The van der Waals surface area contributed by atoms with Gasteiger partial charge in [-0.3, -0.25) is 14.7 Å². The Kier molecular flexibility index (Phi) is 6.39. The van der Waals surface area contributed by atoms with Crippen molar-refractivity contribution in [2.75, 3.05) is 0 Å². The molecule has 0 saturated carbocycles. The van der Waals surface area contributed by atoms with Gasteiger partial charge in [-0.2, -0.15) is 5.10 Å². The highest BCUT2D eigenvalue weighted by Crippen LogP contribution is 2.12. The van der Waals surface area contributed by atoms with E-state index in [0.29, 0.717) is 12.8 Å². The van der Waals surface area contributed by atoms with Crippen molar-refractivity contribution < 1.29 is 14.7 Å². The molecule has 6 nitrogen and oxygen atoms in total. The molecule has 0 aliphatic heterocycles. The second kappa shape index (κ2) is 7.81. The molecule has 0 aliphatic rings. The molecule has 0 radical (unpaired) electrons. The second-order valence-electron chi connectivity index (χ2n) is 5.73. The van der Waals surface area contributed by atoms with Crippen LogP contribution in [0.15, 0.2) is 0 Å². The van der Waals surface area contributed by atoms with Crippen LogP contribution in [-0.2, 0) is 16.0 Å². The zero-order chi connectivity index (χ0) is 16.0. The number of hydrogen-bond donors (Lipinski definition) is 3. The van der Waals surface area contributed by atoms with Gasteiger partial charge >= 0.3 is 5.97 Å². The number of carboxylic acids is 1. The number of H-pyrrole nitrogens is 1. The Morgan fingerprint density at radius 2 is 1.95 bits per heavy atom. The molecule has 1 heterocycles. The highest BCUT2D eigenvalue weighted by molar-refractivity contribution is 5.79. The van der Waals surface area contributed by atoms with Crippen LogP contribution in [0.3, 0.4) is 0 Å². The number of amides is 1. The molecule has 1 rings (SSSR count). The summed E-state index contributed by atoms with van der Waals surface area (Å²) in [7, 11) is 0. The van der Waals surface area contributed by atoms with Crippen LogP contribution >= 0.6 is 0 Å². The van der Waals surface area contributed by atoms with Gasteiger partial charge in [0.25, 0.3) is 0 Å². The Balaban J connectivity index is 2.33. The summed E-state index contributed by atoms with van der Waals surface area (Å²) >= 11 is 0. The standard InChI is InChI=1S/C15H25N3O3/c1-9(15(20)21)6-5-7-10(2)16-14(19)8-13-11(3)17-18-12(13)4/h9-10H,5-8H2,1-4H3,(H,16,19)(H,17,18)(H,20,21). The first-order valence-corrected chi connectivity index (χ1v) is 7.33. The molecule has 6 heteroatoms. The second-order valence-corrected chi connectivity index (χ2v) is 5.73. The first kappa shape index (κ1) is 17.2. The third-order valence-corrected chi connectivity index (χ3v) is 3.72. The zero-order valence-electron chi connectivity index (χ0n) is 13.2. The van der Waals surface area contributed by atoms with E-state index in [9.17, 15) is 9.59 Å². The van der Waals surface area contributed by atoms with Crippen molar-refractivity contribution in [1.29, 1.82) is 0 Å². The van der Waals surface area contributed by atoms with Gasteiger partial charge in [0.2, 0.25) is 5.91 Å². The fourth-order valence-electron chi connectivity index (χ4n) is 2.25. The van der Waals surface area contributed by atoms with Crippen LogP contribution < -0.4 is 5.32 Å². The lowest BCUT2D eigenvalue weighted by atomic mass is 10.0. The number of rotatable bonds is 8. The van der Waals surface area contributed by atoms with Gasteiger partial charge < -0.3 is 10.4 Å². The van der Waals surface area contributed by atoms with E-state index < -0.39 is 5.97 Å². The summed E-state index contributed by atoms with van der Waals surface area (Å²) in [5.74, 6) is -1.12. The van der Waals surface area contributed by atoms with Crippen molar-refractivity contribution in [2.24, 2.45) is 5.92 Å². The highest BCUT2D eigenvalue weighted by Gasteiger charge is 2.14. The molecular weight excluding hydrogens is 270 g/mol. The molecule has 21 heavy (non-hydrogen) atoms. The minimum atomic E-state index is -0.766. The zero-order valence-corrected chi connectivity index (χ0v) is 13.2. The number of aliphatic carboxylic acids is 1. The summed E-state index contributed by atoms with van der Waals surface area (Å²) in [4.78, 5) is 22.7. The Labute approximate surface area is 125 Å². The van der Waals surface area contributed by atoms with Crippen LogP contribution in [0, 0.1) is 19.8 Å². The summed E-state index contributed by atoms with van der Waals surface area (Å²) in [6, 6.07) is 0.0472. The van der Waals surface area contributed by atoms with Crippen molar-refractivity contribution in [3.63, 3.8) is 0 Å². The van der Waals surface area contributed by atoms with E-state index >= 15 is 0 Å². The lowest BCUT2D eigenvalue weighted by molar-refractivity contribution is -0.141. The van der Waals surface area contributed by atoms with Crippen molar-refractivity contribution >= 4 is 11.9 Å². The summed E-state index contributed by atoms with van der Waals surface area (Å²) < 4.78 is 0. The number of nitrogens with one attached hydrogen (secondary N) is 2. The molecule has 118 valence electrons. The maximum Gasteiger partial charge on any atom is 0.306 e. The SMILES string of the molecule is Cc1n[nH]c(C)c1CC(=O)NC(C)CCCC(C)C(=O)O. The number of aromatic nitrogens is 2. The maximum absolute atomic E-state index is 12.0. The summed E-state index contributed by atoms with van der Waals surface area (Å²) in [5, 5.41) is 18.7. The van der Waals surface area contributed by atoms with Crippen LogP contribution in [0.25, 0.3) is 0 Å². The van der Waals surface area contributed by atoms with Gasteiger partial charge in [0.05, 0.1) is 18.0 Å². The van der Waals surface area contributed by atoms with Crippen LogP contribution in [0.2, 0.25) is 0 Å². The average molecular weight is 295 g/mol. The molecule has 0 fully saturated rings. The molecule has 0 bridgehead atoms. The van der Waals surface area contributed by atoms with Gasteiger partial charge in [0.15, 0.2) is 0 Å². The number of carbonyl (C=O) groups is 2. The topological polar surface area (TPSA) is 95.1 Å². The highest BCUT2D eigenvalue weighted by atomic mass is 16.4. The predicted octanol–water partition coefficient (Wildman–Crippen LogP) is 1.96. The number of aryl methyl sites for hydroxylation is 2. The fraction of sp³-hybridized carbons (Fsp3) is 0.667. The minimum absolute atomic E-state index is 0.0265. The first-order valence-electron chi connectivity index (χ1n) is 7.33. The third-order valence-electron chi connectivity index (χ3n) is 3.72. The van der Waals surface area contributed by atoms with Gasteiger partial charge in [-0.15, -0.1) is 0 Å². The van der Waals surface area contributed by atoms with E-state index in [1.165, 1.54) is 0 Å². The molecule has 0 spiro atoms. The molecule has 0 saturated heterocycles. The van der Waals surface area contributed by atoms with Gasteiger partial charge in [0.1, 0.15) is 0 Å². The summed E-state index contributed by atoms with van der Waals surface area (Å²) in [6.07, 6.45) is 2.53. The van der Waals surface area contributed by atoms with Crippen molar-refractivity contribution in [1.82, 2.24) is 15.5 Å². The van der Waals surface area contributed by atoms with Crippen LogP contribution in [-0.4, -0.2) is 33.2 Å². The lowest BCUT2D eigenvalue weighted by Gasteiger charge is -2.14. The Morgan fingerprint density at radius 3 is 2.48 bits per heavy atom. The fourth-order valence-corrected chi connectivity index (χ4v) is 2.25. The van der Waals surface area contributed by atoms with E-state index in [2.05, 4.69) is 15.5 Å². The number of aromatic amines is 1. The van der Waals surface area contributed by atoms with Gasteiger partial charge in [-0.05, 0) is 33.6 Å². The number of carboxylic acid groups (broad SMARTS) is 1. The van der Waals surface area contributed by atoms with Crippen molar-refractivity contribution in [2.45, 2.75) is 59.4 Å². The average Bonchev–Trinajstić information content (AvgIpc) is 2.70. The molecular formula is C15H25N3O3. The third kappa shape index (κ3) is 5.57. The van der Waals surface area contributed by atoms with Gasteiger partial charge in [0, 0.05) is 17.3 Å². The lowest BCUT2D eigenvalue weighted by Crippen LogP contribution is -2.34. The largest absolute Gasteiger partial charge is 0.481 e. The molecule has 3 N–H and O–H groups in total. The van der Waals surface area contributed by atoms with E-state index in [-0.39, 0.29) is 17.9 Å². The maximum atomic E-state index is 12.0. The van der Waals surface area contributed by atoms with E-state index in [4.69, 9.17) is 5.11 Å². The number of hydrogen-bond acceptors (Lipinski definition) is 3. The van der Waals surface area contributed by atoms with Crippen LogP contribution in [0.1, 0.15) is 50.1 Å². The van der Waals surface area contributed by atoms with Crippen LogP contribution in [0.5, 0.6) is 0 Å². The Morgan fingerprint density at radius 1 is 1.29 bits per heavy atom. The minimum Gasteiger partial charge on any atom is -0.481 e. The Bertz CT molecular complexity index is 477. The van der Waals surface area contributed by atoms with Gasteiger partial charge in [-0.1, -0.05) is 13.3 Å². The smallest absolute Gasteiger partial charge is 0.306 e. The molecule has 1 aromatic rings. The molecule has 1 amide bonds. The van der Waals surface area contributed by atoms with E-state index in [0.717, 1.165) is 29.8 Å². The quantitative estimate of drug-likeness (QED) is 0.683. The van der Waals surface area contributed by atoms with Crippen molar-refractivity contribution in [3.05, 3.63) is 17.0 Å². The molecule has 0 aliphatic carbocycles. The van der Waals surface area contributed by atoms with E-state index in [1.807, 2.05) is 20.8 Å². The summed E-state index contributed by atoms with van der Waals surface area (Å²) in [5.41, 5.74) is 2.72. The number of nitrogens with zero attached hydrogens (tertiary/aromatic N) is 1. The number of carbonyl (C=O) groups excluding carboxylic acids is 1. The van der Waals surface area contributed by atoms with Crippen molar-refractivity contribution in [3.8, 4) is 0 Å². The molecule has 2 unspecified atom stereocenters. The van der Waals surface area contributed by atoms with E-state index in [1.54, 1.807) is 6.92 Å².